The van der Waals surface area contributed by atoms with Gasteiger partial charge in [0.15, 0.2) is 0 Å². The van der Waals surface area contributed by atoms with Crippen LogP contribution in [0.15, 0.2) is 22.7 Å². The Bertz CT molecular complexity index is 371. The van der Waals surface area contributed by atoms with E-state index in [1.807, 2.05) is 25.1 Å². The lowest BCUT2D eigenvalue weighted by Crippen LogP contribution is -2.18. The smallest absolute Gasteiger partial charge is 0.124 e. The number of benzene rings is 1. The lowest BCUT2D eigenvalue weighted by molar-refractivity contribution is 0.357. The summed E-state index contributed by atoms with van der Waals surface area (Å²) in [5, 5.41) is 9.66. The summed E-state index contributed by atoms with van der Waals surface area (Å²) in [6, 6.07) is 7.43. The highest BCUT2D eigenvalue weighted by atomic mass is 79.9. The van der Waals surface area contributed by atoms with Crippen molar-refractivity contribution in [1.82, 2.24) is 4.90 Å². The SMILES string of the molecule is CN(C)C(C#N)c1ccc(Cl)cc1Br. The fourth-order valence-corrected chi connectivity index (χ4v) is 2.09. The summed E-state index contributed by atoms with van der Waals surface area (Å²) >= 11 is 9.21. The van der Waals surface area contributed by atoms with E-state index in [0.717, 1.165) is 10.0 Å². The van der Waals surface area contributed by atoms with E-state index in [1.165, 1.54) is 0 Å². The maximum atomic E-state index is 9.00. The van der Waals surface area contributed by atoms with Gasteiger partial charge in [-0.3, -0.25) is 4.90 Å². The second-order valence-corrected chi connectivity index (χ2v) is 4.45. The first-order chi connectivity index (χ1) is 6.56. The molecule has 0 amide bonds. The first-order valence-electron chi connectivity index (χ1n) is 4.07. The molecule has 1 aromatic carbocycles. The molecule has 0 saturated heterocycles. The molecule has 0 aliphatic rings. The Morgan fingerprint density at radius 1 is 1.50 bits per heavy atom. The Labute approximate surface area is 97.2 Å². The molecular weight excluding hydrogens is 263 g/mol. The van der Waals surface area contributed by atoms with E-state index in [-0.39, 0.29) is 6.04 Å². The van der Waals surface area contributed by atoms with Gasteiger partial charge in [0, 0.05) is 9.50 Å². The quantitative estimate of drug-likeness (QED) is 0.827. The molecule has 1 rings (SSSR count). The standard InChI is InChI=1S/C10H10BrClN2/c1-14(2)10(6-13)8-4-3-7(12)5-9(8)11/h3-5,10H,1-2H3. The van der Waals surface area contributed by atoms with Crippen LogP contribution in [0.4, 0.5) is 0 Å². The first kappa shape index (κ1) is 11.5. The summed E-state index contributed by atoms with van der Waals surface area (Å²) in [5.41, 5.74) is 0.932. The minimum Gasteiger partial charge on any atom is -0.290 e. The Morgan fingerprint density at radius 2 is 2.14 bits per heavy atom. The molecule has 0 spiro atoms. The van der Waals surface area contributed by atoms with Crippen LogP contribution >= 0.6 is 27.5 Å². The van der Waals surface area contributed by atoms with Gasteiger partial charge in [-0.25, -0.2) is 0 Å². The molecule has 0 aliphatic carbocycles. The van der Waals surface area contributed by atoms with Crippen LogP contribution in [0.3, 0.4) is 0 Å². The number of hydrogen-bond donors (Lipinski definition) is 0. The van der Waals surface area contributed by atoms with Gasteiger partial charge in [0.05, 0.1) is 6.07 Å². The van der Waals surface area contributed by atoms with Gasteiger partial charge in [0.1, 0.15) is 6.04 Å². The van der Waals surface area contributed by atoms with Crippen LogP contribution in [0, 0.1) is 11.3 Å². The Morgan fingerprint density at radius 3 is 2.57 bits per heavy atom. The molecule has 14 heavy (non-hydrogen) atoms. The lowest BCUT2D eigenvalue weighted by atomic mass is 10.1. The summed E-state index contributed by atoms with van der Waals surface area (Å²) in [4.78, 5) is 1.86. The van der Waals surface area contributed by atoms with E-state index in [4.69, 9.17) is 16.9 Å². The lowest BCUT2D eigenvalue weighted by Gasteiger charge is -2.18. The third kappa shape index (κ3) is 2.48. The summed E-state index contributed by atoms with van der Waals surface area (Å²) < 4.78 is 0.866. The van der Waals surface area contributed by atoms with Crippen molar-refractivity contribution in [2.24, 2.45) is 0 Å². The van der Waals surface area contributed by atoms with E-state index < -0.39 is 0 Å². The van der Waals surface area contributed by atoms with E-state index in [9.17, 15) is 0 Å². The maximum Gasteiger partial charge on any atom is 0.124 e. The zero-order valence-electron chi connectivity index (χ0n) is 7.96. The number of halogens is 2. The maximum absolute atomic E-state index is 9.00. The van der Waals surface area contributed by atoms with Crippen LogP contribution in [-0.4, -0.2) is 19.0 Å². The normalized spacial score (nSPS) is 12.6. The molecule has 0 radical (unpaired) electrons. The molecule has 2 nitrogen and oxygen atoms in total. The van der Waals surface area contributed by atoms with Crippen LogP contribution in [0.5, 0.6) is 0 Å². The molecule has 4 heteroatoms. The predicted molar refractivity (Wildman–Crippen MR) is 61.2 cm³/mol. The fourth-order valence-electron chi connectivity index (χ4n) is 1.19. The van der Waals surface area contributed by atoms with Gasteiger partial charge in [-0.2, -0.15) is 5.26 Å². The third-order valence-electron chi connectivity index (χ3n) is 1.90. The molecule has 1 unspecified atom stereocenters. The number of rotatable bonds is 2. The molecule has 1 aromatic rings. The summed E-state index contributed by atoms with van der Waals surface area (Å²) in [7, 11) is 3.74. The van der Waals surface area contributed by atoms with Crippen molar-refractivity contribution in [2.45, 2.75) is 6.04 Å². The molecule has 0 bridgehead atoms. The Balaban J connectivity index is 3.13. The van der Waals surface area contributed by atoms with Gasteiger partial charge in [0.25, 0.3) is 0 Å². The highest BCUT2D eigenvalue weighted by Gasteiger charge is 2.15. The van der Waals surface area contributed by atoms with Crippen molar-refractivity contribution in [3.05, 3.63) is 33.3 Å². The molecule has 1 atom stereocenters. The van der Waals surface area contributed by atoms with Gasteiger partial charge in [-0.05, 0) is 31.8 Å². The second-order valence-electron chi connectivity index (χ2n) is 3.16. The summed E-state index contributed by atoms with van der Waals surface area (Å²) in [6.45, 7) is 0. The van der Waals surface area contributed by atoms with Crippen LogP contribution in [0.25, 0.3) is 0 Å². The van der Waals surface area contributed by atoms with E-state index in [0.29, 0.717) is 5.02 Å². The average molecular weight is 274 g/mol. The second kappa shape index (κ2) is 4.79. The molecule has 0 N–H and O–H groups in total. The van der Waals surface area contributed by atoms with Crippen LogP contribution in [-0.2, 0) is 0 Å². The molecule has 0 aromatic heterocycles. The van der Waals surface area contributed by atoms with Gasteiger partial charge < -0.3 is 0 Å². The van der Waals surface area contributed by atoms with Crippen molar-refractivity contribution < 1.29 is 0 Å². The van der Waals surface area contributed by atoms with E-state index in [1.54, 1.807) is 12.1 Å². The highest BCUT2D eigenvalue weighted by Crippen LogP contribution is 2.28. The van der Waals surface area contributed by atoms with Crippen LogP contribution in [0.2, 0.25) is 5.02 Å². The molecule has 0 aliphatic heterocycles. The van der Waals surface area contributed by atoms with E-state index >= 15 is 0 Å². The highest BCUT2D eigenvalue weighted by molar-refractivity contribution is 9.10. The topological polar surface area (TPSA) is 27.0 Å². The summed E-state index contributed by atoms with van der Waals surface area (Å²) in [6.07, 6.45) is 0. The van der Waals surface area contributed by atoms with Gasteiger partial charge in [-0.1, -0.05) is 33.6 Å². The summed E-state index contributed by atoms with van der Waals surface area (Å²) in [5.74, 6) is 0. The number of nitriles is 1. The van der Waals surface area contributed by atoms with Gasteiger partial charge >= 0.3 is 0 Å². The first-order valence-corrected chi connectivity index (χ1v) is 5.24. The minimum atomic E-state index is -0.248. The average Bonchev–Trinajstić information content (AvgIpc) is 2.09. The number of hydrogen-bond acceptors (Lipinski definition) is 2. The van der Waals surface area contributed by atoms with Crippen LogP contribution in [0.1, 0.15) is 11.6 Å². The van der Waals surface area contributed by atoms with Gasteiger partial charge in [0.2, 0.25) is 0 Å². The van der Waals surface area contributed by atoms with Crippen molar-refractivity contribution in [3.8, 4) is 6.07 Å². The van der Waals surface area contributed by atoms with Crippen molar-refractivity contribution in [2.75, 3.05) is 14.1 Å². The third-order valence-corrected chi connectivity index (χ3v) is 2.82. The predicted octanol–water partition coefficient (Wildman–Crippen LogP) is 3.23. The van der Waals surface area contributed by atoms with Crippen molar-refractivity contribution in [1.29, 1.82) is 5.26 Å². The molecule has 0 heterocycles. The largest absolute Gasteiger partial charge is 0.290 e. The Hall–Kier alpha value is -0.560. The van der Waals surface area contributed by atoms with Crippen molar-refractivity contribution in [3.63, 3.8) is 0 Å². The van der Waals surface area contributed by atoms with Crippen molar-refractivity contribution >= 4 is 27.5 Å². The minimum absolute atomic E-state index is 0.248. The fraction of sp³-hybridized carbons (Fsp3) is 0.300. The zero-order chi connectivity index (χ0) is 10.7. The zero-order valence-corrected chi connectivity index (χ0v) is 10.3. The van der Waals surface area contributed by atoms with E-state index in [2.05, 4.69) is 22.0 Å². The van der Waals surface area contributed by atoms with Crippen LogP contribution < -0.4 is 0 Å². The Kier molecular flexibility index (Phi) is 3.94. The molecule has 0 saturated carbocycles. The molecule has 74 valence electrons. The monoisotopic (exact) mass is 272 g/mol. The van der Waals surface area contributed by atoms with Gasteiger partial charge in [-0.15, -0.1) is 0 Å². The number of nitrogens with zero attached hydrogens (tertiary/aromatic N) is 2. The molecule has 0 fully saturated rings. The molecular formula is C10H10BrClN2.